The van der Waals surface area contributed by atoms with Crippen molar-refractivity contribution >= 4 is 15.6 Å². The molecule has 0 aliphatic heterocycles. The number of sulfone groups is 1. The van der Waals surface area contributed by atoms with Crippen LogP contribution >= 0.6 is 0 Å². The van der Waals surface area contributed by atoms with Gasteiger partial charge >= 0.3 is 0 Å². The fraction of sp³-hybridized carbons (Fsp3) is 0.364. The van der Waals surface area contributed by atoms with Crippen molar-refractivity contribution in [1.82, 2.24) is 0 Å². The van der Waals surface area contributed by atoms with Crippen LogP contribution in [-0.2, 0) is 15.6 Å². The lowest BCUT2D eigenvalue weighted by Crippen LogP contribution is -2.07. The summed E-state index contributed by atoms with van der Waals surface area (Å²) in [6, 6.07) is 6.85. The zero-order chi connectivity index (χ0) is 11.5. The Morgan fingerprint density at radius 1 is 1.27 bits per heavy atom. The van der Waals surface area contributed by atoms with Gasteiger partial charge in [0.2, 0.25) is 0 Å². The number of hydrogen-bond donors (Lipinski definition) is 0. The van der Waals surface area contributed by atoms with Crippen LogP contribution in [0.4, 0.5) is 0 Å². The first-order valence-corrected chi connectivity index (χ1v) is 6.79. The van der Waals surface area contributed by atoms with Crippen LogP contribution in [0.1, 0.15) is 29.3 Å². The summed E-state index contributed by atoms with van der Waals surface area (Å²) >= 11 is 0. The number of carbonyl (C=O) groups excluding carboxylic acids is 1. The molecule has 0 bridgehead atoms. The molecule has 0 aliphatic rings. The Bertz CT molecular complexity index is 460. The van der Waals surface area contributed by atoms with E-state index in [0.29, 0.717) is 17.5 Å². The van der Waals surface area contributed by atoms with E-state index in [0.717, 1.165) is 0 Å². The van der Waals surface area contributed by atoms with E-state index in [1.54, 1.807) is 31.2 Å². The minimum absolute atomic E-state index is 0.0192. The number of benzene rings is 1. The second-order valence-electron chi connectivity index (χ2n) is 3.50. The minimum Gasteiger partial charge on any atom is -0.294 e. The summed E-state index contributed by atoms with van der Waals surface area (Å²) in [4.78, 5) is 11.5. The summed E-state index contributed by atoms with van der Waals surface area (Å²) in [5.41, 5.74) is 1.11. The number of rotatable bonds is 4. The Morgan fingerprint density at radius 3 is 2.40 bits per heavy atom. The third-order valence-electron chi connectivity index (χ3n) is 2.06. The molecule has 0 radical (unpaired) electrons. The Balaban J connectivity index is 3.13. The van der Waals surface area contributed by atoms with Gasteiger partial charge in [-0.2, -0.15) is 0 Å². The first kappa shape index (κ1) is 11.9. The van der Waals surface area contributed by atoms with E-state index >= 15 is 0 Å². The van der Waals surface area contributed by atoms with Gasteiger partial charge in [0.1, 0.15) is 0 Å². The molecule has 0 saturated carbocycles. The molecule has 15 heavy (non-hydrogen) atoms. The molecule has 0 atom stereocenters. The Labute approximate surface area is 90.0 Å². The lowest BCUT2D eigenvalue weighted by Gasteiger charge is -2.05. The number of hydrogen-bond acceptors (Lipinski definition) is 3. The molecule has 0 aliphatic carbocycles. The predicted molar refractivity (Wildman–Crippen MR) is 59.6 cm³/mol. The molecule has 0 N–H and O–H groups in total. The molecule has 1 rings (SSSR count). The first-order chi connectivity index (χ1) is 6.94. The molecule has 0 spiro atoms. The van der Waals surface area contributed by atoms with Crippen LogP contribution < -0.4 is 0 Å². The van der Waals surface area contributed by atoms with Crippen molar-refractivity contribution in [2.45, 2.75) is 19.1 Å². The molecule has 82 valence electrons. The van der Waals surface area contributed by atoms with Gasteiger partial charge in [0.05, 0.1) is 5.75 Å². The lowest BCUT2D eigenvalue weighted by atomic mass is 10.0. The first-order valence-electron chi connectivity index (χ1n) is 4.73. The van der Waals surface area contributed by atoms with Crippen LogP contribution in [0.15, 0.2) is 24.3 Å². The predicted octanol–water partition coefficient (Wildman–Crippen LogP) is 1.82. The van der Waals surface area contributed by atoms with Crippen LogP contribution in [0.2, 0.25) is 0 Å². The van der Waals surface area contributed by atoms with Crippen molar-refractivity contribution in [3.05, 3.63) is 35.4 Å². The second kappa shape index (κ2) is 4.57. The highest BCUT2D eigenvalue weighted by molar-refractivity contribution is 7.89. The van der Waals surface area contributed by atoms with Crippen molar-refractivity contribution in [1.29, 1.82) is 0 Å². The largest absolute Gasteiger partial charge is 0.294 e. The molecule has 0 heterocycles. The molecule has 3 nitrogen and oxygen atoms in total. The number of carbonyl (C=O) groups is 1. The molecule has 0 amide bonds. The molecule has 1 aromatic carbocycles. The fourth-order valence-corrected chi connectivity index (χ4v) is 2.21. The highest BCUT2D eigenvalue weighted by Gasteiger charge is 2.12. The van der Waals surface area contributed by atoms with Crippen LogP contribution in [-0.4, -0.2) is 20.5 Å². The quantitative estimate of drug-likeness (QED) is 0.736. The average molecular weight is 226 g/mol. The van der Waals surface area contributed by atoms with E-state index < -0.39 is 9.84 Å². The normalized spacial score (nSPS) is 11.3. The van der Waals surface area contributed by atoms with Gasteiger partial charge in [-0.05, 0) is 5.56 Å². The van der Waals surface area contributed by atoms with Crippen molar-refractivity contribution in [2.75, 3.05) is 6.26 Å². The van der Waals surface area contributed by atoms with E-state index in [1.165, 1.54) is 6.26 Å². The summed E-state index contributed by atoms with van der Waals surface area (Å²) < 4.78 is 22.3. The van der Waals surface area contributed by atoms with Gasteiger partial charge in [-0.15, -0.1) is 0 Å². The Kier molecular flexibility index (Phi) is 3.63. The second-order valence-corrected chi connectivity index (χ2v) is 5.64. The zero-order valence-electron chi connectivity index (χ0n) is 8.86. The third kappa shape index (κ3) is 3.47. The van der Waals surface area contributed by atoms with Crippen LogP contribution in [0, 0.1) is 0 Å². The molecule has 0 aromatic heterocycles. The van der Waals surface area contributed by atoms with Crippen molar-refractivity contribution in [3.63, 3.8) is 0 Å². The highest BCUT2D eigenvalue weighted by Crippen LogP contribution is 2.13. The summed E-state index contributed by atoms with van der Waals surface area (Å²) in [5, 5.41) is 0. The molecular formula is C11H14O3S. The average Bonchev–Trinajstić information content (AvgIpc) is 2.15. The van der Waals surface area contributed by atoms with Gasteiger partial charge in [0, 0.05) is 18.2 Å². The Morgan fingerprint density at radius 2 is 1.87 bits per heavy atom. The molecule has 1 aromatic rings. The summed E-state index contributed by atoms with van der Waals surface area (Å²) in [7, 11) is -3.09. The van der Waals surface area contributed by atoms with E-state index in [4.69, 9.17) is 0 Å². The Hall–Kier alpha value is -1.16. The molecular weight excluding hydrogens is 212 g/mol. The van der Waals surface area contributed by atoms with Crippen molar-refractivity contribution in [2.24, 2.45) is 0 Å². The SMILES string of the molecule is CCC(=O)c1ccccc1CS(C)(=O)=O. The van der Waals surface area contributed by atoms with Gasteiger partial charge in [-0.25, -0.2) is 8.42 Å². The van der Waals surface area contributed by atoms with Gasteiger partial charge < -0.3 is 0 Å². The van der Waals surface area contributed by atoms with Crippen molar-refractivity contribution < 1.29 is 13.2 Å². The molecule has 0 unspecified atom stereocenters. The van der Waals surface area contributed by atoms with Gasteiger partial charge in [0.25, 0.3) is 0 Å². The summed E-state index contributed by atoms with van der Waals surface area (Å²) in [6.07, 6.45) is 1.56. The number of Topliss-reactive ketones (excluding diaryl/α,β-unsaturated/α-hetero) is 1. The van der Waals surface area contributed by atoms with Crippen LogP contribution in [0.5, 0.6) is 0 Å². The summed E-state index contributed by atoms with van der Waals surface area (Å²) in [5.74, 6) is -0.0937. The van der Waals surface area contributed by atoms with Gasteiger partial charge in [-0.1, -0.05) is 31.2 Å². The smallest absolute Gasteiger partial charge is 0.162 e. The maximum Gasteiger partial charge on any atom is 0.162 e. The molecule has 4 heteroatoms. The van der Waals surface area contributed by atoms with E-state index in [2.05, 4.69) is 0 Å². The van der Waals surface area contributed by atoms with Gasteiger partial charge in [0.15, 0.2) is 15.6 Å². The van der Waals surface area contributed by atoms with Crippen LogP contribution in [0.25, 0.3) is 0 Å². The van der Waals surface area contributed by atoms with E-state index in [-0.39, 0.29) is 11.5 Å². The minimum atomic E-state index is -3.09. The number of ketones is 1. The maximum atomic E-state index is 11.5. The zero-order valence-corrected chi connectivity index (χ0v) is 9.67. The molecule has 0 saturated heterocycles. The van der Waals surface area contributed by atoms with Gasteiger partial charge in [-0.3, -0.25) is 4.79 Å². The maximum absolute atomic E-state index is 11.5. The standard InChI is InChI=1S/C11H14O3S/c1-3-11(12)10-7-5-4-6-9(10)8-15(2,13)14/h4-7H,3,8H2,1-2H3. The monoisotopic (exact) mass is 226 g/mol. The van der Waals surface area contributed by atoms with Crippen LogP contribution in [0.3, 0.4) is 0 Å². The summed E-state index contributed by atoms with van der Waals surface area (Å²) in [6.45, 7) is 1.76. The highest BCUT2D eigenvalue weighted by atomic mass is 32.2. The molecule has 0 fully saturated rings. The fourth-order valence-electron chi connectivity index (χ4n) is 1.39. The van der Waals surface area contributed by atoms with E-state index in [1.807, 2.05) is 0 Å². The third-order valence-corrected chi connectivity index (χ3v) is 2.89. The lowest BCUT2D eigenvalue weighted by molar-refractivity contribution is 0.0987. The topological polar surface area (TPSA) is 51.2 Å². The van der Waals surface area contributed by atoms with E-state index in [9.17, 15) is 13.2 Å². The van der Waals surface area contributed by atoms with Crippen molar-refractivity contribution in [3.8, 4) is 0 Å².